The third-order valence-corrected chi connectivity index (χ3v) is 9.09. The van der Waals surface area contributed by atoms with Crippen LogP contribution in [0.4, 0.5) is 0 Å². The molecule has 6 heterocycles. The van der Waals surface area contributed by atoms with E-state index in [0.29, 0.717) is 30.8 Å². The van der Waals surface area contributed by atoms with Crippen LogP contribution in [0.5, 0.6) is 0 Å². The zero-order chi connectivity index (χ0) is 33.5. The van der Waals surface area contributed by atoms with Gasteiger partial charge in [-0.05, 0) is 31.4 Å². The summed E-state index contributed by atoms with van der Waals surface area (Å²) >= 11 is 0. The maximum absolute atomic E-state index is 12.3. The van der Waals surface area contributed by atoms with Crippen LogP contribution >= 0.6 is 0 Å². The molecule has 4 saturated heterocycles. The van der Waals surface area contributed by atoms with Crippen LogP contribution in [-0.2, 0) is 30.3 Å². The van der Waals surface area contributed by atoms with Crippen molar-refractivity contribution in [2.45, 2.75) is 81.9 Å². The number of hydrogen-bond acceptors (Lipinski definition) is 11. The third-order valence-electron chi connectivity index (χ3n) is 9.09. The summed E-state index contributed by atoms with van der Waals surface area (Å²) in [4.78, 5) is 54.3. The molecule has 17 nitrogen and oxygen atoms in total. The molecule has 1 aromatic carbocycles. The topological polar surface area (TPSA) is 225 Å². The number of benzene rings is 1. The van der Waals surface area contributed by atoms with Crippen molar-refractivity contribution in [1.29, 1.82) is 0 Å². The quantitative estimate of drug-likeness (QED) is 0.175. The Kier molecular flexibility index (Phi) is 8.80. The summed E-state index contributed by atoms with van der Waals surface area (Å²) in [5.74, 6) is 0. The molecular formula is C30H35N7O10. The van der Waals surface area contributed by atoms with Gasteiger partial charge in [0.2, 0.25) is 0 Å². The van der Waals surface area contributed by atoms with Gasteiger partial charge in [-0.25, -0.2) is 9.59 Å². The number of aryl methyl sites for hydroxylation is 2. The smallest absolute Gasteiger partial charge is 0.330 e. The minimum Gasteiger partial charge on any atom is -0.387 e. The largest absolute Gasteiger partial charge is 0.387 e. The molecule has 0 amide bonds. The van der Waals surface area contributed by atoms with Gasteiger partial charge in [-0.15, -0.1) is 0 Å². The van der Waals surface area contributed by atoms with Crippen LogP contribution in [0.15, 0.2) is 67.0 Å². The van der Waals surface area contributed by atoms with Crippen LogP contribution in [0.25, 0.3) is 10.4 Å². The van der Waals surface area contributed by atoms with Crippen LogP contribution in [-0.4, -0.2) is 79.6 Å². The summed E-state index contributed by atoms with van der Waals surface area (Å²) in [6, 6.07) is 9.91. The van der Waals surface area contributed by atoms with Gasteiger partial charge in [0.05, 0.1) is 26.4 Å². The molecule has 3 aromatic rings. The molecule has 47 heavy (non-hydrogen) atoms. The van der Waals surface area contributed by atoms with Crippen molar-refractivity contribution in [2.75, 3.05) is 19.8 Å². The number of rotatable bonds is 8. The van der Waals surface area contributed by atoms with Gasteiger partial charge in [0, 0.05) is 28.4 Å². The van der Waals surface area contributed by atoms with E-state index in [0.717, 1.165) is 5.56 Å². The van der Waals surface area contributed by atoms with Gasteiger partial charge in [0.1, 0.15) is 35.6 Å². The number of H-pyrrole nitrogens is 2. The van der Waals surface area contributed by atoms with Crippen LogP contribution in [0.3, 0.4) is 0 Å². The zero-order valence-corrected chi connectivity index (χ0v) is 25.9. The first-order valence-electron chi connectivity index (χ1n) is 15.1. The highest BCUT2D eigenvalue weighted by atomic mass is 16.7. The normalized spacial score (nSPS) is 31.7. The van der Waals surface area contributed by atoms with Crippen molar-refractivity contribution in [3.05, 3.63) is 112 Å². The van der Waals surface area contributed by atoms with Crippen molar-refractivity contribution < 1.29 is 28.8 Å². The number of ether oxygens (including phenoxy) is 5. The predicted molar refractivity (Wildman–Crippen MR) is 163 cm³/mol. The summed E-state index contributed by atoms with van der Waals surface area (Å²) in [5, 5.41) is 13.7. The summed E-state index contributed by atoms with van der Waals surface area (Å²) < 4.78 is 32.1. The van der Waals surface area contributed by atoms with E-state index in [9.17, 15) is 24.3 Å². The fourth-order valence-corrected chi connectivity index (χ4v) is 6.41. The Hall–Kier alpha value is -4.35. The second-order valence-corrected chi connectivity index (χ2v) is 12.1. The van der Waals surface area contributed by atoms with Gasteiger partial charge in [-0.3, -0.25) is 28.7 Å². The van der Waals surface area contributed by atoms with Gasteiger partial charge in [-0.1, -0.05) is 42.4 Å². The molecule has 4 bridgehead atoms. The summed E-state index contributed by atoms with van der Waals surface area (Å²) in [6.45, 7) is 6.08. The van der Waals surface area contributed by atoms with Crippen LogP contribution in [0, 0.1) is 13.8 Å². The first kappa shape index (κ1) is 32.6. The fraction of sp³-hybridized carbons (Fsp3) is 0.533. The highest BCUT2D eigenvalue weighted by Crippen LogP contribution is 2.48. The summed E-state index contributed by atoms with van der Waals surface area (Å²) in [7, 11) is 0. The van der Waals surface area contributed by atoms with Crippen molar-refractivity contribution in [2.24, 2.45) is 5.11 Å². The highest BCUT2D eigenvalue weighted by molar-refractivity contribution is 5.15. The average Bonchev–Trinajstić information content (AvgIpc) is 3.77. The molecule has 17 heteroatoms. The Morgan fingerprint density at radius 3 is 2.09 bits per heavy atom. The van der Waals surface area contributed by atoms with Gasteiger partial charge in [0.15, 0.2) is 12.5 Å². The summed E-state index contributed by atoms with van der Waals surface area (Å²) in [5.41, 5.74) is 6.48. The Morgan fingerprint density at radius 1 is 0.936 bits per heavy atom. The monoisotopic (exact) mass is 653 g/mol. The Labute approximate surface area is 266 Å². The highest BCUT2D eigenvalue weighted by Gasteiger charge is 2.63. The number of azide groups is 1. The molecule has 0 aliphatic carbocycles. The van der Waals surface area contributed by atoms with Gasteiger partial charge in [0.25, 0.3) is 11.1 Å². The maximum atomic E-state index is 12.3. The van der Waals surface area contributed by atoms with E-state index in [1.165, 1.54) is 21.5 Å². The van der Waals surface area contributed by atoms with Crippen molar-refractivity contribution in [1.82, 2.24) is 19.1 Å². The zero-order valence-electron chi connectivity index (χ0n) is 25.9. The molecule has 4 fully saturated rings. The molecule has 250 valence electrons. The first-order valence-corrected chi connectivity index (χ1v) is 15.1. The number of nitrogens with zero attached hydrogens (tertiary/aromatic N) is 5. The van der Waals surface area contributed by atoms with Crippen LogP contribution in [0.2, 0.25) is 0 Å². The van der Waals surface area contributed by atoms with Crippen molar-refractivity contribution >= 4 is 0 Å². The molecule has 2 aromatic heterocycles. The molecule has 0 radical (unpaired) electrons. The minimum atomic E-state index is -1.16. The van der Waals surface area contributed by atoms with Gasteiger partial charge < -0.3 is 28.8 Å². The Bertz CT molecular complexity index is 1920. The van der Waals surface area contributed by atoms with E-state index in [1.54, 1.807) is 13.8 Å². The Balaban J connectivity index is 0.000000168. The molecule has 0 spiro atoms. The number of aliphatic hydroxyl groups excluding tert-OH is 1. The maximum Gasteiger partial charge on any atom is 0.330 e. The van der Waals surface area contributed by atoms with Crippen molar-refractivity contribution in [3.8, 4) is 0 Å². The lowest BCUT2D eigenvalue weighted by atomic mass is 9.96. The molecule has 0 saturated carbocycles. The van der Waals surface area contributed by atoms with E-state index in [4.69, 9.17) is 29.2 Å². The average molecular weight is 654 g/mol. The van der Waals surface area contributed by atoms with Gasteiger partial charge >= 0.3 is 11.4 Å². The van der Waals surface area contributed by atoms with E-state index in [2.05, 4.69) is 20.0 Å². The third kappa shape index (κ3) is 5.76. The molecule has 8 atom stereocenters. The van der Waals surface area contributed by atoms with Crippen LogP contribution in [0.1, 0.15) is 42.5 Å². The van der Waals surface area contributed by atoms with Crippen molar-refractivity contribution in [3.63, 3.8) is 0 Å². The first-order chi connectivity index (χ1) is 22.5. The van der Waals surface area contributed by atoms with E-state index in [-0.39, 0.29) is 19.3 Å². The lowest BCUT2D eigenvalue weighted by Crippen LogP contribution is -2.44. The number of fused-ring (bicyclic) bond motifs is 4. The standard InChI is InChI=1S/C19H22N2O5.C11H13N5O5/c1-3-19-11-25-14(15(19)24-10-13-7-5-4-6-8-13)17(26-19)21-9-12(2)16(22)20-18(21)23;1-5-2-16(10(19)14-8(5)18)9-6-7(17)11(21-9,4-20-6)3-13-15-12/h4-9,14-15,17H,3,10-11H2,1-2H3,(H,20,22,23);2,6-7,9,17H,3-4H2,1H3,(H,14,18,19)/t14?,15-,17-,19+;6?,7-,9-,11+/m11/s1. The lowest BCUT2D eigenvalue weighted by Gasteiger charge is -2.30. The van der Waals surface area contributed by atoms with Gasteiger partial charge in [-0.2, -0.15) is 0 Å². The molecule has 7 rings (SSSR count). The number of aromatic nitrogens is 4. The molecule has 3 N–H and O–H groups in total. The number of nitrogens with one attached hydrogen (secondary N) is 2. The fourth-order valence-electron chi connectivity index (χ4n) is 6.41. The Morgan fingerprint density at radius 2 is 1.49 bits per heavy atom. The van der Waals surface area contributed by atoms with E-state index in [1.807, 2.05) is 37.3 Å². The number of aliphatic hydroxyl groups is 1. The van der Waals surface area contributed by atoms with Crippen LogP contribution < -0.4 is 22.5 Å². The SMILES string of the molecule is CC[C@@]12COC([C@H](n3cc(C)c(=O)[nH]c3=O)O1)[C@H]2OCc1ccccc1.Cc1cn([C@@H]2O[C@@]3(CN=[N+]=[N-])COC2[C@H]3O)c(=O)[nH]c1=O. The molecule has 4 aliphatic rings. The van der Waals surface area contributed by atoms with E-state index < -0.39 is 64.5 Å². The number of hydrogen-bond donors (Lipinski definition) is 3. The lowest BCUT2D eigenvalue weighted by molar-refractivity contribution is -0.176. The van der Waals surface area contributed by atoms with E-state index >= 15 is 0 Å². The number of aromatic amines is 2. The minimum absolute atomic E-state index is 0.0748. The molecule has 4 aliphatic heterocycles. The summed E-state index contributed by atoms with van der Waals surface area (Å²) in [6.07, 6.45) is -0.390. The molecular weight excluding hydrogens is 618 g/mol. The second-order valence-electron chi connectivity index (χ2n) is 12.1. The predicted octanol–water partition coefficient (Wildman–Crippen LogP) is 0.689. The molecule has 2 unspecified atom stereocenters. The second kappa shape index (κ2) is 12.7.